The maximum Gasteiger partial charge on any atom is 0.271 e. The quantitative estimate of drug-likeness (QED) is 0.497. The maximum atomic E-state index is 11.1. The largest absolute Gasteiger partial charge is 0.594 e. The molecule has 0 unspecified atom stereocenters. The van der Waals surface area contributed by atoms with Crippen LogP contribution in [0.2, 0.25) is 0 Å². The van der Waals surface area contributed by atoms with Crippen molar-refractivity contribution < 1.29 is 4.85 Å². The number of aromatic nitrogens is 3. The van der Waals surface area contributed by atoms with Gasteiger partial charge in [-0.25, -0.2) is 4.98 Å². The van der Waals surface area contributed by atoms with Crippen LogP contribution in [-0.2, 0) is 0 Å². The Morgan fingerprint density at radius 2 is 2.25 bits per heavy atom. The number of halogens is 1. The van der Waals surface area contributed by atoms with Crippen molar-refractivity contribution >= 4 is 27.0 Å². The van der Waals surface area contributed by atoms with Crippen LogP contribution >= 0.6 is 15.9 Å². The molecule has 0 atom stereocenters. The second kappa shape index (κ2) is 2.67. The van der Waals surface area contributed by atoms with Crippen LogP contribution in [0.5, 0.6) is 0 Å². The van der Waals surface area contributed by atoms with Gasteiger partial charge < -0.3 is 5.21 Å². The van der Waals surface area contributed by atoms with Gasteiger partial charge in [0, 0.05) is 15.6 Å². The van der Waals surface area contributed by atoms with Crippen LogP contribution in [-0.4, -0.2) is 10.1 Å². The van der Waals surface area contributed by atoms with E-state index in [9.17, 15) is 5.21 Å². The molecule has 4 nitrogen and oxygen atoms in total. The van der Waals surface area contributed by atoms with Crippen molar-refractivity contribution in [3.05, 3.63) is 34.2 Å². The lowest BCUT2D eigenvalue weighted by Gasteiger charge is -1.96. The summed E-state index contributed by atoms with van der Waals surface area (Å²) in [6.07, 6.45) is 1.24. The monoisotopic (exact) mass is 225 g/mol. The van der Waals surface area contributed by atoms with Crippen LogP contribution in [0.1, 0.15) is 0 Å². The van der Waals surface area contributed by atoms with Gasteiger partial charge in [-0.2, -0.15) is 0 Å². The Morgan fingerprint density at radius 1 is 1.42 bits per heavy atom. The fourth-order valence-electron chi connectivity index (χ4n) is 0.956. The van der Waals surface area contributed by atoms with Crippen LogP contribution in [0.15, 0.2) is 29.0 Å². The van der Waals surface area contributed by atoms with Crippen LogP contribution in [0.4, 0.5) is 0 Å². The molecule has 2 rings (SSSR count). The molecule has 0 saturated heterocycles. The van der Waals surface area contributed by atoms with E-state index in [0.29, 0.717) is 15.9 Å². The average molecular weight is 226 g/mol. The standard InChI is InChI=1S/C7H4BrN3O/c8-5-1-2-6-7(3-5)11(12)10-4-9-6/h1-4H. The molecule has 0 amide bonds. The highest BCUT2D eigenvalue weighted by Gasteiger charge is 2.04. The van der Waals surface area contributed by atoms with E-state index in [1.807, 2.05) is 6.07 Å². The fraction of sp³-hybridized carbons (Fsp3) is 0. The lowest BCUT2D eigenvalue weighted by molar-refractivity contribution is -0.643. The number of nitrogens with zero attached hydrogens (tertiary/aromatic N) is 3. The number of hydrogen-bond donors (Lipinski definition) is 0. The highest BCUT2D eigenvalue weighted by atomic mass is 79.9. The molecule has 12 heavy (non-hydrogen) atoms. The predicted octanol–water partition coefficient (Wildman–Crippen LogP) is 1.03. The highest BCUT2D eigenvalue weighted by molar-refractivity contribution is 9.10. The summed E-state index contributed by atoms with van der Waals surface area (Å²) in [5, 5.41) is 14.6. The average Bonchev–Trinajstić information content (AvgIpc) is 2.07. The zero-order valence-electron chi connectivity index (χ0n) is 5.94. The summed E-state index contributed by atoms with van der Waals surface area (Å²) in [6.45, 7) is 0. The van der Waals surface area contributed by atoms with Crippen molar-refractivity contribution in [1.29, 1.82) is 0 Å². The van der Waals surface area contributed by atoms with E-state index in [-0.39, 0.29) is 0 Å². The van der Waals surface area contributed by atoms with Gasteiger partial charge in [0.2, 0.25) is 0 Å². The van der Waals surface area contributed by atoms with Crippen molar-refractivity contribution in [2.24, 2.45) is 0 Å². The summed E-state index contributed by atoms with van der Waals surface area (Å²) in [6, 6.07) is 5.27. The lowest BCUT2D eigenvalue weighted by atomic mass is 10.3. The second-order valence-electron chi connectivity index (χ2n) is 2.27. The van der Waals surface area contributed by atoms with Crippen molar-refractivity contribution in [1.82, 2.24) is 10.1 Å². The zero-order chi connectivity index (χ0) is 8.55. The first-order chi connectivity index (χ1) is 5.77. The first-order valence-electron chi connectivity index (χ1n) is 3.27. The van der Waals surface area contributed by atoms with Gasteiger partial charge in [-0.05, 0) is 17.0 Å². The number of hydrogen-bond acceptors (Lipinski definition) is 3. The molecule has 0 aliphatic carbocycles. The van der Waals surface area contributed by atoms with Crippen LogP contribution in [0.25, 0.3) is 11.0 Å². The minimum absolute atomic E-state index is 0.465. The van der Waals surface area contributed by atoms with E-state index >= 15 is 0 Å². The molecule has 60 valence electrons. The van der Waals surface area contributed by atoms with E-state index < -0.39 is 0 Å². The molecular weight excluding hydrogens is 222 g/mol. The molecule has 1 aromatic heterocycles. The van der Waals surface area contributed by atoms with Gasteiger partial charge in [-0.1, -0.05) is 15.9 Å². The Kier molecular flexibility index (Phi) is 1.65. The number of rotatable bonds is 0. The third-order valence-electron chi connectivity index (χ3n) is 1.50. The topological polar surface area (TPSA) is 52.7 Å². The lowest BCUT2D eigenvalue weighted by Crippen LogP contribution is -2.31. The molecule has 0 aliphatic rings. The Labute approximate surface area is 76.6 Å². The molecular formula is C7H4BrN3O. The first-order valence-corrected chi connectivity index (χ1v) is 4.07. The van der Waals surface area contributed by atoms with Crippen LogP contribution in [0.3, 0.4) is 0 Å². The van der Waals surface area contributed by atoms with E-state index in [0.717, 1.165) is 4.47 Å². The number of benzene rings is 1. The summed E-state index contributed by atoms with van der Waals surface area (Å²) in [5.41, 5.74) is 1.11. The van der Waals surface area contributed by atoms with Gasteiger partial charge in [0.05, 0.1) is 0 Å². The second-order valence-corrected chi connectivity index (χ2v) is 3.18. The number of fused-ring (bicyclic) bond motifs is 1. The Hall–Kier alpha value is -1.23. The van der Waals surface area contributed by atoms with Crippen molar-refractivity contribution in [2.75, 3.05) is 0 Å². The first kappa shape index (κ1) is 7.42. The van der Waals surface area contributed by atoms with Gasteiger partial charge in [-0.3, -0.25) is 0 Å². The third-order valence-corrected chi connectivity index (χ3v) is 1.99. The van der Waals surface area contributed by atoms with E-state index in [4.69, 9.17) is 0 Å². The van der Waals surface area contributed by atoms with Crippen molar-refractivity contribution in [2.45, 2.75) is 0 Å². The van der Waals surface area contributed by atoms with E-state index in [2.05, 4.69) is 26.0 Å². The molecule has 0 N–H and O–H groups in total. The maximum absolute atomic E-state index is 11.1. The normalized spacial score (nSPS) is 10.4. The molecule has 0 aliphatic heterocycles. The van der Waals surface area contributed by atoms with Gasteiger partial charge in [-0.15, -0.1) is 0 Å². The molecule has 0 spiro atoms. The van der Waals surface area contributed by atoms with Crippen molar-refractivity contribution in [3.63, 3.8) is 0 Å². The SMILES string of the molecule is [O-][n+]1ncnc2ccc(Br)cc21. The minimum Gasteiger partial charge on any atom is -0.594 e. The molecule has 1 heterocycles. The molecule has 0 bridgehead atoms. The summed E-state index contributed by atoms with van der Waals surface area (Å²) < 4.78 is 0.842. The Morgan fingerprint density at radius 3 is 3.08 bits per heavy atom. The fourth-order valence-corrected chi connectivity index (χ4v) is 1.31. The van der Waals surface area contributed by atoms with Gasteiger partial charge in [0.25, 0.3) is 5.52 Å². The zero-order valence-corrected chi connectivity index (χ0v) is 7.52. The summed E-state index contributed by atoms with van der Waals surface area (Å²) in [5.74, 6) is 0. The molecule has 0 saturated carbocycles. The van der Waals surface area contributed by atoms with Gasteiger partial charge in [0.1, 0.15) is 5.52 Å². The molecule has 1 aromatic carbocycles. The van der Waals surface area contributed by atoms with Crippen molar-refractivity contribution in [3.8, 4) is 0 Å². The summed E-state index contributed by atoms with van der Waals surface area (Å²) in [4.78, 5) is 4.48. The van der Waals surface area contributed by atoms with Gasteiger partial charge in [0.15, 0.2) is 6.33 Å². The Balaban J connectivity index is 2.88. The van der Waals surface area contributed by atoms with E-state index in [1.165, 1.54) is 6.33 Å². The molecule has 0 fully saturated rings. The third kappa shape index (κ3) is 1.12. The van der Waals surface area contributed by atoms with Gasteiger partial charge >= 0.3 is 0 Å². The highest BCUT2D eigenvalue weighted by Crippen LogP contribution is 2.13. The molecule has 0 radical (unpaired) electrons. The van der Waals surface area contributed by atoms with Crippen LogP contribution in [0, 0.1) is 5.21 Å². The summed E-state index contributed by atoms with van der Waals surface area (Å²) >= 11 is 3.26. The molecule has 2 aromatic rings. The van der Waals surface area contributed by atoms with Crippen LogP contribution < -0.4 is 4.85 Å². The minimum atomic E-state index is 0.465. The Bertz CT molecular complexity index is 432. The summed E-state index contributed by atoms with van der Waals surface area (Å²) in [7, 11) is 0. The van der Waals surface area contributed by atoms with E-state index in [1.54, 1.807) is 12.1 Å². The molecule has 5 heteroatoms. The predicted molar refractivity (Wildman–Crippen MR) is 46.2 cm³/mol. The smallest absolute Gasteiger partial charge is 0.271 e.